The molecule has 1 N–H and O–H groups in total. The van der Waals surface area contributed by atoms with Crippen LogP contribution >= 0.6 is 11.3 Å². The molecule has 0 atom stereocenters. The van der Waals surface area contributed by atoms with Crippen molar-refractivity contribution < 1.29 is 9.59 Å². The Morgan fingerprint density at radius 1 is 1.17 bits per heavy atom. The molecule has 2 amide bonds. The largest absolute Gasteiger partial charge is 0.339 e. The zero-order chi connectivity index (χ0) is 17.1. The van der Waals surface area contributed by atoms with Crippen molar-refractivity contribution in [1.82, 2.24) is 9.88 Å². The van der Waals surface area contributed by atoms with Crippen LogP contribution in [0.5, 0.6) is 0 Å². The van der Waals surface area contributed by atoms with E-state index < -0.39 is 0 Å². The van der Waals surface area contributed by atoms with Crippen LogP contribution in [0.25, 0.3) is 0 Å². The van der Waals surface area contributed by atoms with Gasteiger partial charge < -0.3 is 10.2 Å². The van der Waals surface area contributed by atoms with Gasteiger partial charge >= 0.3 is 0 Å². The van der Waals surface area contributed by atoms with Gasteiger partial charge in [-0.1, -0.05) is 17.2 Å². The molecule has 1 aliphatic rings. The van der Waals surface area contributed by atoms with E-state index in [2.05, 4.69) is 16.4 Å². The van der Waals surface area contributed by atoms with Gasteiger partial charge in [-0.3, -0.25) is 9.59 Å². The third-order valence-electron chi connectivity index (χ3n) is 4.28. The van der Waals surface area contributed by atoms with Gasteiger partial charge in [0.05, 0.1) is 0 Å². The molecule has 2 aromatic rings. The fourth-order valence-corrected chi connectivity index (χ4v) is 3.65. The molecule has 0 unspecified atom stereocenters. The van der Waals surface area contributed by atoms with Crippen molar-refractivity contribution in [3.8, 4) is 0 Å². The number of aromatic nitrogens is 1. The highest BCUT2D eigenvalue weighted by Gasteiger charge is 2.28. The molecule has 1 aromatic carbocycles. The number of nitrogens with zero attached hydrogens (tertiary/aromatic N) is 2. The van der Waals surface area contributed by atoms with Crippen LogP contribution in [0.4, 0.5) is 5.13 Å². The van der Waals surface area contributed by atoms with Gasteiger partial charge in [-0.25, -0.2) is 4.98 Å². The number of nitrogens with one attached hydrogen (secondary N) is 1. The molecule has 0 saturated carbocycles. The van der Waals surface area contributed by atoms with Crippen LogP contribution in [0.3, 0.4) is 0 Å². The molecule has 24 heavy (non-hydrogen) atoms. The first-order chi connectivity index (χ1) is 11.5. The molecule has 1 saturated heterocycles. The van der Waals surface area contributed by atoms with E-state index >= 15 is 0 Å². The summed E-state index contributed by atoms with van der Waals surface area (Å²) in [6, 6.07) is 5.92. The van der Waals surface area contributed by atoms with Gasteiger partial charge in [0.2, 0.25) is 5.91 Å². The van der Waals surface area contributed by atoms with Crippen LogP contribution in [0.1, 0.15) is 34.3 Å². The van der Waals surface area contributed by atoms with Crippen molar-refractivity contribution in [3.05, 3.63) is 46.5 Å². The number of aryl methyl sites for hydroxylation is 2. The van der Waals surface area contributed by atoms with Crippen LogP contribution in [0, 0.1) is 19.8 Å². The van der Waals surface area contributed by atoms with E-state index in [4.69, 9.17) is 0 Å². The summed E-state index contributed by atoms with van der Waals surface area (Å²) >= 11 is 1.41. The summed E-state index contributed by atoms with van der Waals surface area (Å²) < 4.78 is 0. The number of rotatable bonds is 3. The van der Waals surface area contributed by atoms with Gasteiger partial charge in [0.25, 0.3) is 5.91 Å². The molecule has 0 aliphatic carbocycles. The lowest BCUT2D eigenvalue weighted by Gasteiger charge is -2.31. The first-order valence-corrected chi connectivity index (χ1v) is 8.99. The second-order valence-electron chi connectivity index (χ2n) is 6.27. The topological polar surface area (TPSA) is 62.3 Å². The third kappa shape index (κ3) is 3.82. The van der Waals surface area contributed by atoms with Crippen molar-refractivity contribution in [2.75, 3.05) is 18.4 Å². The Kier molecular flexibility index (Phi) is 4.94. The minimum Gasteiger partial charge on any atom is -0.339 e. The van der Waals surface area contributed by atoms with E-state index in [1.807, 2.05) is 36.3 Å². The third-order valence-corrected chi connectivity index (χ3v) is 4.97. The van der Waals surface area contributed by atoms with E-state index in [-0.39, 0.29) is 17.7 Å². The van der Waals surface area contributed by atoms with Crippen molar-refractivity contribution in [1.29, 1.82) is 0 Å². The van der Waals surface area contributed by atoms with E-state index in [9.17, 15) is 9.59 Å². The fraction of sp³-hybridized carbons (Fsp3) is 0.389. The van der Waals surface area contributed by atoms with E-state index in [1.165, 1.54) is 11.3 Å². The number of amides is 2. The summed E-state index contributed by atoms with van der Waals surface area (Å²) in [7, 11) is 0. The highest BCUT2D eigenvalue weighted by Crippen LogP contribution is 2.22. The summed E-state index contributed by atoms with van der Waals surface area (Å²) in [6.07, 6.45) is 3.05. The number of thiazole rings is 1. The highest BCUT2D eigenvalue weighted by atomic mass is 32.1. The average Bonchev–Trinajstić information content (AvgIpc) is 3.06. The summed E-state index contributed by atoms with van der Waals surface area (Å²) in [6.45, 7) is 5.22. The smallest absolute Gasteiger partial charge is 0.253 e. The van der Waals surface area contributed by atoms with E-state index in [1.54, 1.807) is 6.20 Å². The average molecular weight is 343 g/mol. The second-order valence-corrected chi connectivity index (χ2v) is 7.16. The maximum absolute atomic E-state index is 12.7. The van der Waals surface area contributed by atoms with Crippen molar-refractivity contribution in [3.63, 3.8) is 0 Å². The van der Waals surface area contributed by atoms with Crippen LogP contribution in [-0.2, 0) is 4.79 Å². The first-order valence-electron chi connectivity index (χ1n) is 8.11. The monoisotopic (exact) mass is 343 g/mol. The molecule has 1 fully saturated rings. The normalized spacial score (nSPS) is 15.3. The molecule has 0 bridgehead atoms. The molecule has 0 radical (unpaired) electrons. The minimum absolute atomic E-state index is 0.00319. The Morgan fingerprint density at radius 3 is 2.42 bits per heavy atom. The highest BCUT2D eigenvalue weighted by molar-refractivity contribution is 7.13. The number of carbonyl (C=O) groups excluding carboxylic acids is 2. The van der Waals surface area contributed by atoms with Crippen molar-refractivity contribution in [2.24, 2.45) is 5.92 Å². The maximum atomic E-state index is 12.7. The number of hydrogen-bond acceptors (Lipinski definition) is 4. The van der Waals surface area contributed by atoms with Gasteiger partial charge in [-0.15, -0.1) is 11.3 Å². The maximum Gasteiger partial charge on any atom is 0.253 e. The minimum atomic E-state index is -0.0582. The van der Waals surface area contributed by atoms with E-state index in [0.29, 0.717) is 31.1 Å². The molecule has 126 valence electrons. The standard InChI is InChI=1S/C18H21N3O2S/c1-12-9-13(2)11-15(10-12)17(23)21-6-3-14(4-7-21)16(22)20-18-19-5-8-24-18/h5,8-11,14H,3-4,6-7H2,1-2H3,(H,19,20,22). The van der Waals surface area contributed by atoms with Crippen LogP contribution < -0.4 is 5.32 Å². The Hall–Kier alpha value is -2.21. The molecule has 5 nitrogen and oxygen atoms in total. The molecule has 6 heteroatoms. The Labute approximate surface area is 145 Å². The Morgan fingerprint density at radius 2 is 1.83 bits per heavy atom. The number of benzene rings is 1. The quantitative estimate of drug-likeness (QED) is 0.930. The summed E-state index contributed by atoms with van der Waals surface area (Å²) in [4.78, 5) is 30.8. The summed E-state index contributed by atoms with van der Waals surface area (Å²) in [5.41, 5.74) is 2.92. The summed E-state index contributed by atoms with van der Waals surface area (Å²) in [5, 5.41) is 5.31. The number of likely N-dealkylation sites (tertiary alicyclic amines) is 1. The van der Waals surface area contributed by atoms with Crippen LogP contribution in [-0.4, -0.2) is 34.8 Å². The van der Waals surface area contributed by atoms with Gasteiger partial charge in [0, 0.05) is 36.1 Å². The van der Waals surface area contributed by atoms with Gasteiger partial charge in [-0.2, -0.15) is 0 Å². The van der Waals surface area contributed by atoms with Crippen molar-refractivity contribution in [2.45, 2.75) is 26.7 Å². The number of hydrogen-bond donors (Lipinski definition) is 1. The summed E-state index contributed by atoms with van der Waals surface area (Å²) in [5.74, 6) is 0.00114. The SMILES string of the molecule is Cc1cc(C)cc(C(=O)N2CCC(C(=O)Nc3nccs3)CC2)c1. The number of anilines is 1. The van der Waals surface area contributed by atoms with E-state index in [0.717, 1.165) is 16.7 Å². The molecule has 3 rings (SSSR count). The Balaban J connectivity index is 1.58. The van der Waals surface area contributed by atoms with Gasteiger partial charge in [0.15, 0.2) is 5.13 Å². The second kappa shape index (κ2) is 7.13. The van der Waals surface area contributed by atoms with Crippen LogP contribution in [0.2, 0.25) is 0 Å². The zero-order valence-corrected chi connectivity index (χ0v) is 14.7. The molecule has 0 spiro atoms. The fourth-order valence-electron chi connectivity index (χ4n) is 3.12. The molecular formula is C18H21N3O2S. The lowest BCUT2D eigenvalue weighted by molar-refractivity contribution is -0.121. The molecule has 2 heterocycles. The predicted octanol–water partition coefficient (Wildman–Crippen LogP) is 3.25. The lowest BCUT2D eigenvalue weighted by atomic mass is 9.95. The number of carbonyl (C=O) groups is 2. The Bertz CT molecular complexity index is 714. The predicted molar refractivity (Wildman–Crippen MR) is 95.3 cm³/mol. The number of piperidine rings is 1. The molecule has 1 aliphatic heterocycles. The van der Waals surface area contributed by atoms with Crippen LogP contribution in [0.15, 0.2) is 29.8 Å². The zero-order valence-electron chi connectivity index (χ0n) is 13.9. The lowest BCUT2D eigenvalue weighted by Crippen LogP contribution is -2.41. The molecule has 1 aromatic heterocycles. The van der Waals surface area contributed by atoms with Gasteiger partial charge in [0.1, 0.15) is 0 Å². The molecular weight excluding hydrogens is 322 g/mol. The van der Waals surface area contributed by atoms with Crippen molar-refractivity contribution >= 4 is 28.3 Å². The van der Waals surface area contributed by atoms with Gasteiger partial charge in [-0.05, 0) is 38.8 Å². The first kappa shape index (κ1) is 16.6.